The van der Waals surface area contributed by atoms with Crippen LogP contribution in [-0.4, -0.2) is 51.0 Å². The molecule has 0 radical (unpaired) electrons. The molecule has 2 rings (SSSR count). The van der Waals surface area contributed by atoms with Gasteiger partial charge >= 0.3 is 0 Å². The van der Waals surface area contributed by atoms with Crippen molar-refractivity contribution in [3.05, 3.63) is 65.2 Å². The molecule has 10 heteroatoms. The topological polar surface area (TPSA) is 86.8 Å². The largest absolute Gasteiger partial charge is 0.357 e. The maximum atomic E-state index is 13.7. The van der Waals surface area contributed by atoms with Crippen LogP contribution in [-0.2, 0) is 26.2 Å². The lowest BCUT2D eigenvalue weighted by molar-refractivity contribution is -0.139. The Hall–Kier alpha value is -3.01. The molecule has 168 valence electrons. The van der Waals surface area contributed by atoms with E-state index in [2.05, 4.69) is 5.32 Å². The minimum Gasteiger partial charge on any atom is -0.357 e. The van der Waals surface area contributed by atoms with E-state index >= 15 is 0 Å². The number of nitrogens with one attached hydrogen (secondary N) is 1. The zero-order valence-electron chi connectivity index (χ0n) is 17.7. The number of rotatable bonds is 8. The lowest BCUT2D eigenvalue weighted by atomic mass is 10.1. The van der Waals surface area contributed by atoms with Crippen molar-refractivity contribution in [1.82, 2.24) is 10.2 Å². The Balaban J connectivity index is 2.40. The summed E-state index contributed by atoms with van der Waals surface area (Å²) in [5, 5.41) is 2.47. The van der Waals surface area contributed by atoms with Crippen molar-refractivity contribution in [2.45, 2.75) is 26.4 Å². The summed E-state index contributed by atoms with van der Waals surface area (Å²) < 4.78 is 52.3. The highest BCUT2D eigenvalue weighted by Crippen LogP contribution is 2.21. The summed E-state index contributed by atoms with van der Waals surface area (Å²) in [7, 11) is -2.58. The van der Waals surface area contributed by atoms with E-state index in [1.54, 1.807) is 6.07 Å². The first-order chi connectivity index (χ1) is 14.4. The first kappa shape index (κ1) is 24.3. The molecule has 0 bridgehead atoms. The number of benzene rings is 2. The number of hydrogen-bond acceptors (Lipinski definition) is 4. The number of sulfonamides is 1. The van der Waals surface area contributed by atoms with Gasteiger partial charge in [0.2, 0.25) is 21.8 Å². The summed E-state index contributed by atoms with van der Waals surface area (Å²) in [6.45, 7) is 2.78. The lowest BCUT2D eigenvalue weighted by Gasteiger charge is -2.31. The molecule has 2 aromatic carbocycles. The Labute approximate surface area is 180 Å². The Morgan fingerprint density at radius 3 is 2.32 bits per heavy atom. The Bertz CT molecular complexity index is 1080. The predicted molar refractivity (Wildman–Crippen MR) is 114 cm³/mol. The molecule has 0 saturated heterocycles. The van der Waals surface area contributed by atoms with E-state index in [1.807, 2.05) is 25.1 Å². The number of carbonyl (C=O) groups excluding carboxylic acids is 2. The second-order valence-electron chi connectivity index (χ2n) is 7.17. The monoisotopic (exact) mass is 453 g/mol. The van der Waals surface area contributed by atoms with E-state index in [1.165, 1.54) is 18.9 Å². The van der Waals surface area contributed by atoms with Crippen molar-refractivity contribution in [3.8, 4) is 0 Å². The van der Waals surface area contributed by atoms with E-state index < -0.39 is 46.1 Å². The van der Waals surface area contributed by atoms with Crippen LogP contribution in [0, 0.1) is 18.6 Å². The van der Waals surface area contributed by atoms with E-state index in [0.29, 0.717) is 10.4 Å². The molecule has 1 N–H and O–H groups in total. The number of anilines is 1. The summed E-state index contributed by atoms with van der Waals surface area (Å²) in [6, 6.07) is 8.98. The normalized spacial score (nSPS) is 12.2. The van der Waals surface area contributed by atoms with Crippen LogP contribution in [0.1, 0.15) is 18.1 Å². The molecular weight excluding hydrogens is 428 g/mol. The SMILES string of the molecule is CNC(=O)C(C)N(Cc1cccc(C)c1)C(=O)CN(c1ccc(F)c(F)c1)S(C)(=O)=O. The molecule has 0 fully saturated rings. The molecule has 0 aliphatic heterocycles. The standard InChI is InChI=1S/C21H25F2N3O4S/c1-14-6-5-7-16(10-14)12-25(15(2)21(28)24-3)20(27)13-26(31(4,29)30)17-8-9-18(22)19(23)11-17/h5-11,15H,12-13H2,1-4H3,(H,24,28). The number of likely N-dealkylation sites (N-methyl/N-ethyl adjacent to an activating group) is 1. The number of amides is 2. The molecule has 2 amide bonds. The zero-order valence-corrected chi connectivity index (χ0v) is 18.5. The molecule has 0 saturated carbocycles. The Kier molecular flexibility index (Phi) is 7.72. The second-order valence-corrected chi connectivity index (χ2v) is 9.08. The van der Waals surface area contributed by atoms with Crippen LogP contribution in [0.15, 0.2) is 42.5 Å². The fourth-order valence-electron chi connectivity index (χ4n) is 3.05. The third kappa shape index (κ3) is 6.24. The Morgan fingerprint density at radius 2 is 1.77 bits per heavy atom. The number of carbonyl (C=O) groups is 2. The molecule has 0 aliphatic carbocycles. The molecule has 1 atom stereocenters. The van der Waals surface area contributed by atoms with Gasteiger partial charge in [0.05, 0.1) is 11.9 Å². The third-order valence-electron chi connectivity index (χ3n) is 4.72. The molecule has 0 heterocycles. The highest BCUT2D eigenvalue weighted by Gasteiger charge is 2.30. The van der Waals surface area contributed by atoms with Gasteiger partial charge in [0.15, 0.2) is 11.6 Å². The average Bonchev–Trinajstić information content (AvgIpc) is 2.70. The van der Waals surface area contributed by atoms with Crippen LogP contribution in [0.3, 0.4) is 0 Å². The maximum absolute atomic E-state index is 13.7. The second kappa shape index (κ2) is 9.86. The summed E-state index contributed by atoms with van der Waals surface area (Å²) in [5.74, 6) is -3.49. The van der Waals surface area contributed by atoms with E-state index in [0.717, 1.165) is 29.5 Å². The minimum atomic E-state index is -4.01. The number of hydrogen-bond donors (Lipinski definition) is 1. The van der Waals surface area contributed by atoms with E-state index in [9.17, 15) is 26.8 Å². The van der Waals surface area contributed by atoms with Gasteiger partial charge in [0.1, 0.15) is 12.6 Å². The van der Waals surface area contributed by atoms with Crippen molar-refractivity contribution >= 4 is 27.5 Å². The number of halogens is 2. The van der Waals surface area contributed by atoms with Crippen LogP contribution < -0.4 is 9.62 Å². The minimum absolute atomic E-state index is 0.0600. The van der Waals surface area contributed by atoms with Crippen LogP contribution in [0.4, 0.5) is 14.5 Å². The van der Waals surface area contributed by atoms with Gasteiger partial charge < -0.3 is 10.2 Å². The maximum Gasteiger partial charge on any atom is 0.244 e. The van der Waals surface area contributed by atoms with Crippen molar-refractivity contribution in [2.24, 2.45) is 0 Å². The van der Waals surface area contributed by atoms with Gasteiger partial charge in [0.25, 0.3) is 0 Å². The molecule has 0 spiro atoms. The first-order valence-electron chi connectivity index (χ1n) is 9.43. The van der Waals surface area contributed by atoms with Crippen molar-refractivity contribution in [3.63, 3.8) is 0 Å². The smallest absolute Gasteiger partial charge is 0.244 e. The third-order valence-corrected chi connectivity index (χ3v) is 5.86. The molecule has 0 aliphatic rings. The molecule has 1 unspecified atom stereocenters. The van der Waals surface area contributed by atoms with E-state index in [-0.39, 0.29) is 12.2 Å². The molecule has 0 aromatic heterocycles. The van der Waals surface area contributed by atoms with Gasteiger partial charge in [-0.15, -0.1) is 0 Å². The van der Waals surface area contributed by atoms with Gasteiger partial charge in [-0.2, -0.15) is 0 Å². The Morgan fingerprint density at radius 1 is 1.10 bits per heavy atom. The number of aryl methyl sites for hydroxylation is 1. The fraction of sp³-hybridized carbons (Fsp3) is 0.333. The van der Waals surface area contributed by atoms with Crippen molar-refractivity contribution < 1.29 is 26.8 Å². The zero-order chi connectivity index (χ0) is 23.3. The lowest BCUT2D eigenvalue weighted by Crippen LogP contribution is -2.50. The quantitative estimate of drug-likeness (QED) is 0.664. The van der Waals surface area contributed by atoms with Gasteiger partial charge in [-0.1, -0.05) is 29.8 Å². The van der Waals surface area contributed by atoms with Crippen LogP contribution in [0.2, 0.25) is 0 Å². The molecule has 2 aromatic rings. The van der Waals surface area contributed by atoms with Crippen LogP contribution >= 0.6 is 0 Å². The van der Waals surface area contributed by atoms with Gasteiger partial charge in [-0.25, -0.2) is 17.2 Å². The summed E-state index contributed by atoms with van der Waals surface area (Å²) in [5.41, 5.74) is 1.51. The molecule has 31 heavy (non-hydrogen) atoms. The van der Waals surface area contributed by atoms with Gasteiger partial charge in [-0.3, -0.25) is 13.9 Å². The molecular formula is C21H25F2N3O4S. The summed E-state index contributed by atoms with van der Waals surface area (Å²) >= 11 is 0. The van der Waals surface area contributed by atoms with Crippen LogP contribution in [0.25, 0.3) is 0 Å². The highest BCUT2D eigenvalue weighted by atomic mass is 32.2. The van der Waals surface area contributed by atoms with Crippen LogP contribution in [0.5, 0.6) is 0 Å². The summed E-state index contributed by atoms with van der Waals surface area (Å²) in [4.78, 5) is 26.6. The molecule has 7 nitrogen and oxygen atoms in total. The van der Waals surface area contributed by atoms with Gasteiger partial charge in [0, 0.05) is 19.7 Å². The highest BCUT2D eigenvalue weighted by molar-refractivity contribution is 7.92. The van der Waals surface area contributed by atoms with Crippen molar-refractivity contribution in [1.29, 1.82) is 0 Å². The first-order valence-corrected chi connectivity index (χ1v) is 11.3. The fourth-order valence-corrected chi connectivity index (χ4v) is 3.89. The predicted octanol–water partition coefficient (Wildman–Crippen LogP) is 2.20. The summed E-state index contributed by atoms with van der Waals surface area (Å²) in [6.07, 6.45) is 0.856. The van der Waals surface area contributed by atoms with Crippen molar-refractivity contribution in [2.75, 3.05) is 24.2 Å². The van der Waals surface area contributed by atoms with Gasteiger partial charge in [-0.05, 0) is 31.5 Å². The van der Waals surface area contributed by atoms with E-state index in [4.69, 9.17) is 0 Å². The average molecular weight is 454 g/mol. The number of nitrogens with zero attached hydrogens (tertiary/aromatic N) is 2.